The van der Waals surface area contributed by atoms with Gasteiger partial charge in [0.15, 0.2) is 0 Å². The van der Waals surface area contributed by atoms with Crippen molar-refractivity contribution < 1.29 is 9.90 Å². The molecule has 128 valence electrons. The first kappa shape index (κ1) is 16.4. The number of amides is 1. The van der Waals surface area contributed by atoms with Gasteiger partial charge in [-0.15, -0.1) is 0 Å². The molecule has 0 radical (unpaired) electrons. The molecule has 0 saturated carbocycles. The summed E-state index contributed by atoms with van der Waals surface area (Å²) in [5.74, 6) is -1.03. The molecule has 1 aliphatic rings. The van der Waals surface area contributed by atoms with E-state index in [1.54, 1.807) is 13.0 Å². The van der Waals surface area contributed by atoms with Gasteiger partial charge in [0.25, 0.3) is 11.5 Å². The van der Waals surface area contributed by atoms with E-state index in [1.165, 1.54) is 11.1 Å². The number of H-pyrrole nitrogens is 2. The van der Waals surface area contributed by atoms with E-state index in [9.17, 15) is 19.5 Å². The zero-order valence-corrected chi connectivity index (χ0v) is 13.9. The number of hydrogen-bond acceptors (Lipinski definition) is 5. The molecular weight excluding hydrogens is 324 g/mol. The van der Waals surface area contributed by atoms with Crippen molar-refractivity contribution in [1.82, 2.24) is 9.97 Å². The fraction of sp³-hybridized carbons (Fsp3) is 0.176. The number of benzene rings is 1. The number of nitrogens with zero attached hydrogens (tertiary/aromatic N) is 2. The summed E-state index contributed by atoms with van der Waals surface area (Å²) in [6.07, 6.45) is 1.21. The predicted octanol–water partition coefficient (Wildman–Crippen LogP) is 1.19. The van der Waals surface area contributed by atoms with Crippen LogP contribution >= 0.6 is 0 Å². The molecule has 0 aliphatic carbocycles. The third-order valence-corrected chi connectivity index (χ3v) is 4.05. The van der Waals surface area contributed by atoms with Crippen LogP contribution in [-0.4, -0.2) is 26.7 Å². The average molecular weight is 340 g/mol. The van der Waals surface area contributed by atoms with Crippen molar-refractivity contribution in [2.75, 3.05) is 5.01 Å². The Morgan fingerprint density at radius 2 is 1.80 bits per heavy atom. The topological polar surface area (TPSA) is 119 Å². The van der Waals surface area contributed by atoms with Crippen LogP contribution in [0.2, 0.25) is 0 Å². The zero-order chi connectivity index (χ0) is 18.3. The van der Waals surface area contributed by atoms with Gasteiger partial charge in [-0.3, -0.25) is 19.6 Å². The van der Waals surface area contributed by atoms with E-state index >= 15 is 0 Å². The molecule has 2 heterocycles. The minimum absolute atomic E-state index is 0.158. The van der Waals surface area contributed by atoms with Crippen molar-refractivity contribution in [3.8, 4) is 5.88 Å². The summed E-state index contributed by atoms with van der Waals surface area (Å²) in [6, 6.07) is 5.52. The van der Waals surface area contributed by atoms with Crippen LogP contribution in [0.5, 0.6) is 5.88 Å². The van der Waals surface area contributed by atoms with E-state index in [0.29, 0.717) is 11.4 Å². The molecule has 3 rings (SSSR count). The van der Waals surface area contributed by atoms with Gasteiger partial charge in [-0.2, -0.15) is 10.1 Å². The van der Waals surface area contributed by atoms with Gasteiger partial charge in [0, 0.05) is 0 Å². The lowest BCUT2D eigenvalue weighted by molar-refractivity contribution is -0.114. The van der Waals surface area contributed by atoms with Gasteiger partial charge in [0.05, 0.1) is 17.0 Å². The van der Waals surface area contributed by atoms with Crippen LogP contribution in [0, 0.1) is 13.8 Å². The van der Waals surface area contributed by atoms with Crippen molar-refractivity contribution in [3.63, 3.8) is 0 Å². The number of carbonyl (C=O) groups excluding carboxylic acids is 1. The van der Waals surface area contributed by atoms with Gasteiger partial charge in [-0.05, 0) is 50.1 Å². The minimum Gasteiger partial charge on any atom is -0.494 e. The third-order valence-electron chi connectivity index (χ3n) is 4.05. The molecule has 0 fully saturated rings. The second-order valence-corrected chi connectivity index (χ2v) is 5.80. The van der Waals surface area contributed by atoms with E-state index in [1.807, 2.05) is 31.0 Å². The first-order chi connectivity index (χ1) is 11.8. The first-order valence-electron chi connectivity index (χ1n) is 7.52. The van der Waals surface area contributed by atoms with Gasteiger partial charge in [-0.25, -0.2) is 4.79 Å². The maximum Gasteiger partial charge on any atom is 0.328 e. The molecule has 8 heteroatoms. The molecular formula is C17H16N4O4. The van der Waals surface area contributed by atoms with Crippen LogP contribution in [0.25, 0.3) is 6.08 Å². The highest BCUT2D eigenvalue weighted by molar-refractivity contribution is 6.32. The monoisotopic (exact) mass is 340 g/mol. The number of aromatic amines is 2. The Balaban J connectivity index is 2.05. The van der Waals surface area contributed by atoms with Gasteiger partial charge in [0.1, 0.15) is 5.56 Å². The maximum atomic E-state index is 12.7. The lowest BCUT2D eigenvalue weighted by atomic mass is 10.1. The summed E-state index contributed by atoms with van der Waals surface area (Å²) in [4.78, 5) is 39.7. The molecule has 0 spiro atoms. The van der Waals surface area contributed by atoms with E-state index in [0.717, 1.165) is 11.1 Å². The number of carbonyl (C=O) groups is 1. The Morgan fingerprint density at radius 3 is 2.44 bits per heavy atom. The van der Waals surface area contributed by atoms with Crippen LogP contribution < -0.4 is 16.3 Å². The predicted molar refractivity (Wildman–Crippen MR) is 93.8 cm³/mol. The molecule has 1 aliphatic heterocycles. The molecule has 0 saturated heterocycles. The number of anilines is 1. The summed E-state index contributed by atoms with van der Waals surface area (Å²) < 4.78 is 0. The quantitative estimate of drug-likeness (QED) is 0.712. The van der Waals surface area contributed by atoms with Crippen molar-refractivity contribution in [3.05, 3.63) is 61.3 Å². The van der Waals surface area contributed by atoms with Crippen LogP contribution in [0.15, 0.2) is 38.5 Å². The Bertz CT molecular complexity index is 1060. The maximum absolute atomic E-state index is 12.7. The van der Waals surface area contributed by atoms with Gasteiger partial charge < -0.3 is 5.11 Å². The van der Waals surface area contributed by atoms with Gasteiger partial charge >= 0.3 is 5.69 Å². The normalized spacial score (nSPS) is 15.8. The van der Waals surface area contributed by atoms with Crippen molar-refractivity contribution in [2.24, 2.45) is 5.10 Å². The molecule has 3 N–H and O–H groups in total. The number of hydrogen-bond donors (Lipinski definition) is 3. The molecule has 0 unspecified atom stereocenters. The Morgan fingerprint density at radius 1 is 1.08 bits per heavy atom. The van der Waals surface area contributed by atoms with Crippen molar-refractivity contribution >= 4 is 23.4 Å². The fourth-order valence-electron chi connectivity index (χ4n) is 2.48. The number of aromatic nitrogens is 2. The molecule has 0 atom stereocenters. The standard InChI is InChI=1S/C17H16N4O4/c1-8-4-5-11(6-9(8)2)21-16(24)12(10(3)20-21)7-13-14(22)18-17(25)19-15(13)23/h4-7H,1-3H3,(H3,18,19,22,23,25)/b12-7-. The Hall–Kier alpha value is -3.42. The minimum atomic E-state index is -0.829. The zero-order valence-electron chi connectivity index (χ0n) is 13.9. The molecule has 2 aromatic rings. The summed E-state index contributed by atoms with van der Waals surface area (Å²) in [5, 5.41) is 15.2. The second-order valence-electron chi connectivity index (χ2n) is 5.80. The van der Waals surface area contributed by atoms with E-state index in [4.69, 9.17) is 0 Å². The average Bonchev–Trinajstić information content (AvgIpc) is 2.81. The van der Waals surface area contributed by atoms with E-state index in [-0.39, 0.29) is 11.1 Å². The summed E-state index contributed by atoms with van der Waals surface area (Å²) in [7, 11) is 0. The lowest BCUT2D eigenvalue weighted by Gasteiger charge is -2.13. The number of aromatic hydroxyl groups is 1. The van der Waals surface area contributed by atoms with Crippen LogP contribution in [-0.2, 0) is 4.79 Å². The summed E-state index contributed by atoms with van der Waals surface area (Å²) in [6.45, 7) is 5.53. The number of hydrazone groups is 1. The van der Waals surface area contributed by atoms with Gasteiger partial charge in [0.2, 0.25) is 5.88 Å². The van der Waals surface area contributed by atoms with Crippen LogP contribution in [0.1, 0.15) is 23.6 Å². The van der Waals surface area contributed by atoms with Gasteiger partial charge in [-0.1, -0.05) is 6.07 Å². The largest absolute Gasteiger partial charge is 0.494 e. The number of aryl methyl sites for hydroxylation is 2. The highest BCUT2D eigenvalue weighted by atomic mass is 16.3. The third kappa shape index (κ3) is 2.89. The smallest absolute Gasteiger partial charge is 0.328 e. The van der Waals surface area contributed by atoms with Crippen LogP contribution in [0.4, 0.5) is 5.69 Å². The number of rotatable bonds is 2. The van der Waals surface area contributed by atoms with Crippen molar-refractivity contribution in [2.45, 2.75) is 20.8 Å². The highest BCUT2D eigenvalue weighted by Crippen LogP contribution is 2.26. The van der Waals surface area contributed by atoms with Crippen molar-refractivity contribution in [1.29, 1.82) is 0 Å². The Labute approximate surface area is 142 Å². The second kappa shape index (κ2) is 5.90. The molecule has 8 nitrogen and oxygen atoms in total. The molecule has 1 aromatic carbocycles. The molecule has 1 amide bonds. The number of nitrogens with one attached hydrogen (secondary N) is 2. The Kier molecular flexibility index (Phi) is 3.88. The SMILES string of the molecule is CC1=NN(c2ccc(C)c(C)c2)C(=O)/C1=C\c1c(O)[nH]c(=O)[nH]c1=O. The highest BCUT2D eigenvalue weighted by Gasteiger charge is 2.29. The molecule has 25 heavy (non-hydrogen) atoms. The van der Waals surface area contributed by atoms with E-state index in [2.05, 4.69) is 10.1 Å². The molecule has 0 bridgehead atoms. The first-order valence-corrected chi connectivity index (χ1v) is 7.52. The summed E-state index contributed by atoms with van der Waals surface area (Å²) in [5.41, 5.74) is 1.44. The summed E-state index contributed by atoms with van der Waals surface area (Å²) >= 11 is 0. The fourth-order valence-corrected chi connectivity index (χ4v) is 2.48. The van der Waals surface area contributed by atoms with E-state index < -0.39 is 23.0 Å². The molecule has 1 aromatic heterocycles. The lowest BCUT2D eigenvalue weighted by Crippen LogP contribution is -2.25. The van der Waals surface area contributed by atoms with Crippen LogP contribution in [0.3, 0.4) is 0 Å².